The standard InChI is InChI=1S/C36H52N2O4/c1-33(2)24-36(19-21-41-33,25-8-6-5-7-9-25)18-20-37-32(40)23-42-38-27-14-16-34(3)26(22-27)10-11-28-29-12-13-31(39)35(29,4)17-15-30(28)34/h5-9,22,28-31,39H,10-21,23-24H2,1-4H3,(H,37,40)/t28-,29-,30+,31-,34-,35-,36+/m0/s1. The van der Waals surface area contributed by atoms with E-state index in [4.69, 9.17) is 9.57 Å². The first-order chi connectivity index (χ1) is 20.0. The van der Waals surface area contributed by atoms with Crippen LogP contribution in [0.4, 0.5) is 0 Å². The monoisotopic (exact) mass is 576 g/mol. The lowest BCUT2D eigenvalue weighted by Crippen LogP contribution is -2.51. The Hall–Kier alpha value is -2.18. The van der Waals surface area contributed by atoms with E-state index in [9.17, 15) is 9.90 Å². The van der Waals surface area contributed by atoms with Crippen LogP contribution in [-0.2, 0) is 19.8 Å². The van der Waals surface area contributed by atoms with E-state index in [-0.39, 0.29) is 40.5 Å². The number of oxime groups is 1. The molecule has 230 valence electrons. The number of amides is 1. The number of ether oxygens (including phenoxy) is 1. The van der Waals surface area contributed by atoms with Crippen LogP contribution in [0.5, 0.6) is 0 Å². The molecule has 1 aromatic carbocycles. The van der Waals surface area contributed by atoms with E-state index < -0.39 is 0 Å². The van der Waals surface area contributed by atoms with Crippen LogP contribution in [-0.4, -0.2) is 48.2 Å². The Labute approximate surface area is 252 Å². The Morgan fingerprint density at radius 3 is 2.62 bits per heavy atom. The predicted molar refractivity (Wildman–Crippen MR) is 166 cm³/mol. The quantitative estimate of drug-likeness (QED) is 0.353. The Morgan fingerprint density at radius 1 is 1.02 bits per heavy atom. The van der Waals surface area contributed by atoms with Crippen molar-refractivity contribution in [1.29, 1.82) is 0 Å². The van der Waals surface area contributed by atoms with Gasteiger partial charge in [0.15, 0.2) is 6.61 Å². The molecule has 5 aliphatic rings. The van der Waals surface area contributed by atoms with Gasteiger partial charge < -0.3 is 20.0 Å². The Morgan fingerprint density at radius 2 is 1.83 bits per heavy atom. The summed E-state index contributed by atoms with van der Waals surface area (Å²) in [6.45, 7) is 10.4. The molecule has 0 radical (unpaired) electrons. The van der Waals surface area contributed by atoms with Crippen molar-refractivity contribution in [2.45, 2.75) is 115 Å². The number of benzene rings is 1. The summed E-state index contributed by atoms with van der Waals surface area (Å²) in [6.07, 6.45) is 13.8. The van der Waals surface area contributed by atoms with Gasteiger partial charge in [0.25, 0.3) is 5.91 Å². The van der Waals surface area contributed by atoms with E-state index in [1.165, 1.54) is 30.4 Å². The molecule has 42 heavy (non-hydrogen) atoms. The van der Waals surface area contributed by atoms with Gasteiger partial charge in [0.2, 0.25) is 0 Å². The molecule has 3 saturated carbocycles. The van der Waals surface area contributed by atoms with Crippen LogP contribution >= 0.6 is 0 Å². The lowest BCUT2D eigenvalue weighted by Gasteiger charge is -2.57. The van der Waals surface area contributed by atoms with E-state index in [1.807, 2.05) is 0 Å². The number of rotatable bonds is 7. The summed E-state index contributed by atoms with van der Waals surface area (Å²) >= 11 is 0. The third-order valence-corrected chi connectivity index (χ3v) is 12.5. The average molecular weight is 577 g/mol. The van der Waals surface area contributed by atoms with Crippen LogP contribution in [0.3, 0.4) is 0 Å². The minimum Gasteiger partial charge on any atom is -0.393 e. The molecule has 6 nitrogen and oxygen atoms in total. The van der Waals surface area contributed by atoms with Gasteiger partial charge >= 0.3 is 0 Å². The van der Waals surface area contributed by atoms with Gasteiger partial charge in [-0.1, -0.05) is 54.9 Å². The Bertz CT molecular complexity index is 1210. The van der Waals surface area contributed by atoms with Gasteiger partial charge in [-0.25, -0.2) is 0 Å². The molecule has 6 rings (SSSR count). The fraction of sp³-hybridized carbons (Fsp3) is 0.722. The third-order valence-electron chi connectivity index (χ3n) is 12.5. The van der Waals surface area contributed by atoms with Crippen molar-refractivity contribution in [2.75, 3.05) is 19.8 Å². The Kier molecular flexibility index (Phi) is 8.10. The minimum atomic E-state index is -0.183. The highest BCUT2D eigenvalue weighted by atomic mass is 16.6. The smallest absolute Gasteiger partial charge is 0.260 e. The molecule has 0 spiro atoms. The van der Waals surface area contributed by atoms with Crippen LogP contribution in [0.25, 0.3) is 0 Å². The number of carbonyl (C=O) groups excluding carboxylic acids is 1. The molecule has 0 unspecified atom stereocenters. The van der Waals surface area contributed by atoms with E-state index in [1.54, 1.807) is 0 Å². The predicted octanol–water partition coefficient (Wildman–Crippen LogP) is 6.72. The molecule has 0 aromatic heterocycles. The van der Waals surface area contributed by atoms with Gasteiger partial charge in [0, 0.05) is 18.6 Å². The van der Waals surface area contributed by atoms with Crippen molar-refractivity contribution in [3.8, 4) is 0 Å². The van der Waals surface area contributed by atoms with Gasteiger partial charge in [0.1, 0.15) is 0 Å². The summed E-state index contributed by atoms with van der Waals surface area (Å²) in [5.74, 6) is 1.98. The second-order valence-corrected chi connectivity index (χ2v) is 15.3. The fourth-order valence-electron chi connectivity index (χ4n) is 10.2. The first-order valence-electron chi connectivity index (χ1n) is 16.6. The normalized spacial score (nSPS) is 39.9. The zero-order valence-electron chi connectivity index (χ0n) is 26.3. The molecule has 4 aliphatic carbocycles. The molecule has 1 aliphatic heterocycles. The first kappa shape index (κ1) is 29.9. The Balaban J connectivity index is 1.02. The summed E-state index contributed by atoms with van der Waals surface area (Å²) in [5.41, 5.74) is 3.98. The maximum Gasteiger partial charge on any atom is 0.260 e. The molecule has 4 fully saturated rings. The van der Waals surface area contributed by atoms with E-state index in [0.717, 1.165) is 69.6 Å². The second kappa shape index (κ2) is 11.4. The summed E-state index contributed by atoms with van der Waals surface area (Å²) in [6, 6.07) is 10.7. The lowest BCUT2D eigenvalue weighted by molar-refractivity contribution is -0.125. The molecule has 6 heteroatoms. The number of hydrogen-bond donors (Lipinski definition) is 2. The number of aliphatic hydroxyl groups is 1. The van der Waals surface area contributed by atoms with Crippen molar-refractivity contribution < 1.29 is 19.5 Å². The van der Waals surface area contributed by atoms with Crippen molar-refractivity contribution >= 4 is 11.6 Å². The number of allylic oxidation sites excluding steroid dienone is 2. The van der Waals surface area contributed by atoms with Gasteiger partial charge in [-0.15, -0.1) is 0 Å². The maximum absolute atomic E-state index is 12.7. The molecule has 1 amide bonds. The van der Waals surface area contributed by atoms with Crippen molar-refractivity contribution in [3.05, 3.63) is 47.5 Å². The summed E-state index contributed by atoms with van der Waals surface area (Å²) in [4.78, 5) is 18.3. The molecular formula is C36H52N2O4. The van der Waals surface area contributed by atoms with Crippen molar-refractivity contribution in [3.63, 3.8) is 0 Å². The maximum atomic E-state index is 12.7. The fourth-order valence-corrected chi connectivity index (χ4v) is 10.2. The number of hydrogen-bond acceptors (Lipinski definition) is 5. The van der Waals surface area contributed by atoms with Crippen molar-refractivity contribution in [1.82, 2.24) is 5.32 Å². The highest BCUT2D eigenvalue weighted by molar-refractivity contribution is 5.96. The molecule has 7 atom stereocenters. The van der Waals surface area contributed by atoms with E-state index >= 15 is 0 Å². The summed E-state index contributed by atoms with van der Waals surface area (Å²) in [7, 11) is 0. The first-order valence-corrected chi connectivity index (χ1v) is 16.6. The molecule has 1 heterocycles. The van der Waals surface area contributed by atoms with Crippen LogP contribution in [0, 0.1) is 28.6 Å². The molecule has 2 N–H and O–H groups in total. The number of aliphatic hydroxyl groups excluding tert-OH is 1. The highest BCUT2D eigenvalue weighted by Crippen LogP contribution is 2.65. The molecule has 1 aromatic rings. The van der Waals surface area contributed by atoms with Crippen molar-refractivity contribution in [2.24, 2.45) is 33.7 Å². The number of nitrogens with zero attached hydrogens (tertiary/aromatic N) is 1. The number of fused-ring (bicyclic) bond motifs is 5. The van der Waals surface area contributed by atoms with Gasteiger partial charge in [0.05, 0.1) is 17.4 Å². The second-order valence-electron chi connectivity index (χ2n) is 15.3. The SMILES string of the molecule is CC1(C)C[C@](CCNC(=O)CON=C2C=C3CC[C@@H]4[C@@H](CC[C@]5(C)[C@@H](O)CC[C@@H]45)[C@@]3(C)CC2)(c2ccccc2)CCO1. The summed E-state index contributed by atoms with van der Waals surface area (Å²) in [5, 5.41) is 18.3. The summed E-state index contributed by atoms with van der Waals surface area (Å²) < 4.78 is 6.03. The zero-order chi connectivity index (χ0) is 29.6. The minimum absolute atomic E-state index is 0.00810. The van der Waals surface area contributed by atoms with E-state index in [0.29, 0.717) is 18.4 Å². The molecule has 1 saturated heterocycles. The van der Waals surface area contributed by atoms with Crippen LogP contribution in [0.15, 0.2) is 47.1 Å². The van der Waals surface area contributed by atoms with Crippen LogP contribution in [0.2, 0.25) is 0 Å². The van der Waals surface area contributed by atoms with Gasteiger partial charge in [-0.2, -0.15) is 0 Å². The largest absolute Gasteiger partial charge is 0.393 e. The van der Waals surface area contributed by atoms with Crippen LogP contribution in [0.1, 0.15) is 104 Å². The van der Waals surface area contributed by atoms with E-state index in [2.05, 4.69) is 74.6 Å². The third kappa shape index (κ3) is 5.47. The zero-order valence-corrected chi connectivity index (χ0v) is 26.3. The number of carbonyl (C=O) groups is 1. The van der Waals surface area contributed by atoms with Gasteiger partial charge in [-0.3, -0.25) is 4.79 Å². The molecular weight excluding hydrogens is 524 g/mol. The highest BCUT2D eigenvalue weighted by Gasteiger charge is 2.58. The average Bonchev–Trinajstić information content (AvgIpc) is 3.27. The van der Waals surface area contributed by atoms with Gasteiger partial charge in [-0.05, 0) is 125 Å². The molecule has 0 bridgehead atoms. The van der Waals surface area contributed by atoms with Crippen LogP contribution < -0.4 is 5.32 Å². The lowest BCUT2D eigenvalue weighted by atomic mass is 9.47. The topological polar surface area (TPSA) is 80.2 Å². The number of nitrogens with one attached hydrogen (secondary N) is 1.